The highest BCUT2D eigenvalue weighted by molar-refractivity contribution is 5.97. The molecule has 1 fully saturated rings. The number of nitrogens with two attached hydrogens (primary N) is 2. The fourth-order valence-electron chi connectivity index (χ4n) is 2.12. The van der Waals surface area contributed by atoms with Gasteiger partial charge in [-0.1, -0.05) is 12.8 Å². The fraction of sp³-hybridized carbons (Fsp3) is 0.500. The van der Waals surface area contributed by atoms with Gasteiger partial charge in [-0.25, -0.2) is 4.98 Å². The van der Waals surface area contributed by atoms with Crippen molar-refractivity contribution in [3.63, 3.8) is 0 Å². The van der Waals surface area contributed by atoms with E-state index in [1.165, 1.54) is 37.9 Å². The van der Waals surface area contributed by atoms with Gasteiger partial charge in [0.25, 0.3) is 5.91 Å². The number of hydrogen-bond donors (Lipinski definition) is 2. The van der Waals surface area contributed by atoms with Crippen molar-refractivity contribution in [2.75, 3.05) is 12.3 Å². The summed E-state index contributed by atoms with van der Waals surface area (Å²) in [6.07, 6.45) is 6.37. The van der Waals surface area contributed by atoms with Crippen molar-refractivity contribution in [3.8, 4) is 5.88 Å². The molecule has 1 saturated carbocycles. The van der Waals surface area contributed by atoms with Crippen LogP contribution < -0.4 is 16.2 Å². The number of pyridine rings is 1. The predicted molar refractivity (Wildman–Crippen MR) is 64.6 cm³/mol. The molecule has 5 heteroatoms. The van der Waals surface area contributed by atoms with Gasteiger partial charge in [-0.3, -0.25) is 4.79 Å². The van der Waals surface area contributed by atoms with Gasteiger partial charge < -0.3 is 16.2 Å². The Morgan fingerprint density at radius 2 is 2.18 bits per heavy atom. The number of primary amides is 1. The summed E-state index contributed by atoms with van der Waals surface area (Å²) in [6, 6.07) is 1.51. The van der Waals surface area contributed by atoms with Crippen LogP contribution in [-0.2, 0) is 0 Å². The maximum Gasteiger partial charge on any atom is 0.251 e. The van der Waals surface area contributed by atoms with E-state index in [-0.39, 0.29) is 11.3 Å². The first-order valence-electron chi connectivity index (χ1n) is 5.85. The zero-order valence-electron chi connectivity index (χ0n) is 9.69. The first-order chi connectivity index (χ1) is 8.16. The largest absolute Gasteiger partial charge is 0.477 e. The molecule has 1 aliphatic carbocycles. The van der Waals surface area contributed by atoms with E-state index < -0.39 is 5.91 Å². The molecule has 17 heavy (non-hydrogen) atoms. The number of carbonyl (C=O) groups excluding carboxylic acids is 1. The first-order valence-corrected chi connectivity index (χ1v) is 5.85. The number of amides is 1. The van der Waals surface area contributed by atoms with Crippen LogP contribution in [0.5, 0.6) is 5.88 Å². The van der Waals surface area contributed by atoms with Crippen LogP contribution in [0, 0.1) is 5.92 Å². The second-order valence-corrected chi connectivity index (χ2v) is 4.44. The molecule has 2 rings (SSSR count). The second-order valence-electron chi connectivity index (χ2n) is 4.44. The van der Waals surface area contributed by atoms with E-state index in [4.69, 9.17) is 16.2 Å². The van der Waals surface area contributed by atoms with Crippen LogP contribution in [0.1, 0.15) is 36.0 Å². The van der Waals surface area contributed by atoms with Crippen molar-refractivity contribution in [2.45, 2.75) is 25.7 Å². The minimum atomic E-state index is -0.560. The molecule has 0 atom stereocenters. The molecule has 0 radical (unpaired) electrons. The minimum absolute atomic E-state index is 0.265. The summed E-state index contributed by atoms with van der Waals surface area (Å²) in [5.74, 6) is 0.460. The highest BCUT2D eigenvalue weighted by Crippen LogP contribution is 2.25. The summed E-state index contributed by atoms with van der Waals surface area (Å²) < 4.78 is 5.56. The first kappa shape index (κ1) is 11.7. The Morgan fingerprint density at radius 1 is 1.47 bits per heavy atom. The normalized spacial score (nSPS) is 16.0. The van der Waals surface area contributed by atoms with Gasteiger partial charge in [-0.2, -0.15) is 0 Å². The lowest BCUT2D eigenvalue weighted by Gasteiger charge is -2.11. The number of nitrogen functional groups attached to an aromatic ring is 1. The number of nitrogens with zero attached hydrogens (tertiary/aromatic N) is 1. The molecule has 1 heterocycles. The summed E-state index contributed by atoms with van der Waals surface area (Å²) in [7, 11) is 0. The molecule has 5 nitrogen and oxygen atoms in total. The van der Waals surface area contributed by atoms with E-state index in [1.54, 1.807) is 0 Å². The number of aromatic nitrogens is 1. The number of rotatable bonds is 4. The molecule has 1 aromatic rings. The fourth-order valence-corrected chi connectivity index (χ4v) is 2.12. The third-order valence-electron chi connectivity index (χ3n) is 3.12. The Hall–Kier alpha value is -1.78. The van der Waals surface area contributed by atoms with Crippen LogP contribution in [0.15, 0.2) is 12.3 Å². The topological polar surface area (TPSA) is 91.2 Å². The summed E-state index contributed by atoms with van der Waals surface area (Å²) in [6.45, 7) is 0.648. The summed E-state index contributed by atoms with van der Waals surface area (Å²) in [5.41, 5.74) is 11.3. The standard InChI is InChI=1S/C12H17N3O2/c13-10-6-15-11(5-9(10)12(14)16)17-7-8-3-1-2-4-8/h5-6,8H,1-4,7,13H2,(H2,14,16). The lowest BCUT2D eigenvalue weighted by Crippen LogP contribution is -2.15. The molecule has 0 spiro atoms. The van der Waals surface area contributed by atoms with Gasteiger partial charge in [0.05, 0.1) is 24.1 Å². The highest BCUT2D eigenvalue weighted by atomic mass is 16.5. The third kappa shape index (κ3) is 2.87. The monoisotopic (exact) mass is 235 g/mol. The maximum atomic E-state index is 11.1. The van der Waals surface area contributed by atoms with Crippen LogP contribution >= 0.6 is 0 Å². The Balaban J connectivity index is 2.00. The SMILES string of the molecule is NC(=O)c1cc(OCC2CCCC2)ncc1N. The van der Waals surface area contributed by atoms with Crippen molar-refractivity contribution in [1.29, 1.82) is 0 Å². The Kier molecular flexibility index (Phi) is 3.46. The van der Waals surface area contributed by atoms with E-state index in [0.717, 1.165) is 0 Å². The second kappa shape index (κ2) is 5.03. The van der Waals surface area contributed by atoms with E-state index in [0.29, 0.717) is 18.4 Å². The smallest absolute Gasteiger partial charge is 0.251 e. The quantitative estimate of drug-likeness (QED) is 0.823. The van der Waals surface area contributed by atoms with Crippen LogP contribution in [0.25, 0.3) is 0 Å². The van der Waals surface area contributed by atoms with E-state index >= 15 is 0 Å². The van der Waals surface area contributed by atoms with Crippen LogP contribution in [0.2, 0.25) is 0 Å². The van der Waals surface area contributed by atoms with Crippen LogP contribution in [0.4, 0.5) is 5.69 Å². The zero-order valence-corrected chi connectivity index (χ0v) is 9.69. The van der Waals surface area contributed by atoms with Crippen LogP contribution in [-0.4, -0.2) is 17.5 Å². The molecule has 1 amide bonds. The Morgan fingerprint density at radius 3 is 2.82 bits per heavy atom. The summed E-state index contributed by atoms with van der Waals surface area (Å²) in [5, 5.41) is 0. The van der Waals surface area contributed by atoms with E-state index in [2.05, 4.69) is 4.98 Å². The van der Waals surface area contributed by atoms with E-state index in [9.17, 15) is 4.79 Å². The van der Waals surface area contributed by atoms with Gasteiger partial charge in [0.1, 0.15) is 0 Å². The average Bonchev–Trinajstić information content (AvgIpc) is 2.80. The number of ether oxygens (including phenoxy) is 1. The van der Waals surface area contributed by atoms with E-state index in [1.807, 2.05) is 0 Å². The molecular formula is C12H17N3O2. The van der Waals surface area contributed by atoms with Gasteiger partial charge >= 0.3 is 0 Å². The molecular weight excluding hydrogens is 218 g/mol. The predicted octanol–water partition coefficient (Wildman–Crippen LogP) is 1.33. The number of carbonyl (C=O) groups is 1. The van der Waals surface area contributed by atoms with Crippen LogP contribution in [0.3, 0.4) is 0 Å². The molecule has 0 saturated heterocycles. The zero-order chi connectivity index (χ0) is 12.3. The van der Waals surface area contributed by atoms with Gasteiger partial charge in [0, 0.05) is 6.07 Å². The Labute approximate surface area is 100 Å². The van der Waals surface area contributed by atoms with Crippen molar-refractivity contribution < 1.29 is 9.53 Å². The average molecular weight is 235 g/mol. The van der Waals surface area contributed by atoms with Crippen molar-refractivity contribution in [3.05, 3.63) is 17.8 Å². The molecule has 1 aromatic heterocycles. The molecule has 0 aromatic carbocycles. The minimum Gasteiger partial charge on any atom is -0.477 e. The molecule has 1 aliphatic rings. The number of hydrogen-bond acceptors (Lipinski definition) is 4. The van der Waals surface area contributed by atoms with Gasteiger partial charge in [-0.15, -0.1) is 0 Å². The number of anilines is 1. The molecule has 0 aliphatic heterocycles. The maximum absolute atomic E-state index is 11.1. The van der Waals surface area contributed by atoms with Gasteiger partial charge in [-0.05, 0) is 18.8 Å². The molecule has 0 unspecified atom stereocenters. The summed E-state index contributed by atoms with van der Waals surface area (Å²) in [4.78, 5) is 15.1. The van der Waals surface area contributed by atoms with Gasteiger partial charge in [0.15, 0.2) is 0 Å². The molecule has 4 N–H and O–H groups in total. The van der Waals surface area contributed by atoms with Crippen molar-refractivity contribution in [2.24, 2.45) is 11.7 Å². The summed E-state index contributed by atoms with van der Waals surface area (Å²) >= 11 is 0. The molecule has 92 valence electrons. The van der Waals surface area contributed by atoms with Crippen molar-refractivity contribution in [1.82, 2.24) is 4.98 Å². The van der Waals surface area contributed by atoms with Crippen molar-refractivity contribution >= 4 is 11.6 Å². The highest BCUT2D eigenvalue weighted by Gasteiger charge is 2.16. The Bertz CT molecular complexity index is 414. The van der Waals surface area contributed by atoms with Gasteiger partial charge in [0.2, 0.25) is 5.88 Å². The lowest BCUT2D eigenvalue weighted by atomic mass is 10.1. The lowest BCUT2D eigenvalue weighted by molar-refractivity contribution is 0.100. The molecule has 0 bridgehead atoms. The third-order valence-corrected chi connectivity index (χ3v) is 3.12.